The van der Waals surface area contributed by atoms with Gasteiger partial charge < -0.3 is 14.5 Å². The second kappa shape index (κ2) is 11.3. The number of amides is 2. The van der Waals surface area contributed by atoms with Gasteiger partial charge in [0.2, 0.25) is 10.0 Å². The van der Waals surface area contributed by atoms with E-state index in [0.717, 1.165) is 17.5 Å². The van der Waals surface area contributed by atoms with Crippen molar-refractivity contribution in [3.8, 4) is 5.75 Å². The summed E-state index contributed by atoms with van der Waals surface area (Å²) in [5, 5.41) is 0.516. The van der Waals surface area contributed by atoms with Gasteiger partial charge in [-0.15, -0.1) is 11.3 Å². The monoisotopic (exact) mass is 529 g/mol. The lowest BCUT2D eigenvalue weighted by atomic mass is 10.2. The molecule has 0 unspecified atom stereocenters. The summed E-state index contributed by atoms with van der Waals surface area (Å²) in [7, 11) is -0.399. The minimum Gasteiger partial charge on any atom is -0.484 e. The number of likely N-dealkylation sites (N-methyl/N-ethyl adjacent to an activating group) is 1. The number of hydrogen-bond donors (Lipinski definition) is 1. The van der Waals surface area contributed by atoms with Crippen LogP contribution in [0.25, 0.3) is 0 Å². The van der Waals surface area contributed by atoms with Gasteiger partial charge in [0.25, 0.3) is 11.8 Å². The summed E-state index contributed by atoms with van der Waals surface area (Å²) in [5.41, 5.74) is 2.46. The van der Waals surface area contributed by atoms with Crippen LogP contribution >= 0.6 is 11.3 Å². The first-order valence-electron chi connectivity index (χ1n) is 10.7. The summed E-state index contributed by atoms with van der Waals surface area (Å²) >= 11 is 1.27. The Bertz CT molecular complexity index is 1350. The first-order valence-corrected chi connectivity index (χ1v) is 13.4. The summed E-state index contributed by atoms with van der Waals surface area (Å²) in [6, 6.07) is 14.7. The van der Waals surface area contributed by atoms with Crippen molar-refractivity contribution in [3.05, 3.63) is 64.7 Å². The van der Waals surface area contributed by atoms with Crippen LogP contribution in [0.2, 0.25) is 0 Å². The molecule has 190 valence electrons. The third-order valence-corrected chi connectivity index (χ3v) is 6.53. The lowest BCUT2D eigenvalue weighted by Gasteiger charge is -2.22. The fourth-order valence-corrected chi connectivity index (χ4v) is 4.44. The number of aryl methyl sites for hydroxylation is 1. The normalized spacial score (nSPS) is 11.0. The Labute approximate surface area is 214 Å². The zero-order valence-electron chi connectivity index (χ0n) is 20.4. The van der Waals surface area contributed by atoms with Gasteiger partial charge in [-0.25, -0.2) is 18.1 Å². The van der Waals surface area contributed by atoms with Crippen LogP contribution in [-0.4, -0.2) is 63.8 Å². The summed E-state index contributed by atoms with van der Waals surface area (Å²) < 4.78 is 30.6. The van der Waals surface area contributed by atoms with Crippen LogP contribution < -0.4 is 14.4 Å². The topological polar surface area (TPSA) is 121 Å². The van der Waals surface area contributed by atoms with E-state index in [4.69, 9.17) is 4.74 Å². The number of carbonyl (C=O) groups excluding carboxylic acids is 2. The average molecular weight is 530 g/mol. The van der Waals surface area contributed by atoms with Gasteiger partial charge in [-0.05, 0) is 55.6 Å². The van der Waals surface area contributed by atoms with Crippen LogP contribution in [0, 0.1) is 6.92 Å². The molecule has 3 rings (SSSR count). The van der Waals surface area contributed by atoms with Crippen molar-refractivity contribution in [2.75, 3.05) is 31.9 Å². The molecule has 0 saturated heterocycles. The van der Waals surface area contributed by atoms with Crippen molar-refractivity contribution >= 4 is 56.4 Å². The molecule has 0 saturated carbocycles. The maximum atomic E-state index is 12.5. The molecule has 3 aromatic rings. The first kappa shape index (κ1) is 26.8. The molecule has 0 fully saturated rings. The van der Waals surface area contributed by atoms with Crippen LogP contribution in [0.3, 0.4) is 0 Å². The van der Waals surface area contributed by atoms with E-state index in [-0.39, 0.29) is 18.2 Å². The zero-order chi connectivity index (χ0) is 26.5. The number of hydrogen-bond acceptors (Lipinski definition) is 9. The minimum atomic E-state index is -3.73. The second-order valence-electron chi connectivity index (χ2n) is 8.09. The van der Waals surface area contributed by atoms with Gasteiger partial charge in [0.1, 0.15) is 11.4 Å². The number of carbonyl (C=O) groups is 2. The van der Waals surface area contributed by atoms with Crippen LogP contribution in [0.5, 0.6) is 5.75 Å². The number of nitrogens with zero attached hydrogens (tertiary/aromatic N) is 4. The lowest BCUT2D eigenvalue weighted by Crippen LogP contribution is -2.30. The van der Waals surface area contributed by atoms with Crippen molar-refractivity contribution in [2.24, 2.45) is 4.99 Å². The highest BCUT2D eigenvalue weighted by atomic mass is 32.2. The van der Waals surface area contributed by atoms with E-state index < -0.39 is 15.9 Å². The molecule has 1 aromatic heterocycles. The molecule has 12 heteroatoms. The van der Waals surface area contributed by atoms with Gasteiger partial charge in [0.15, 0.2) is 11.7 Å². The molecular formula is C24H27N5O5S2. The van der Waals surface area contributed by atoms with E-state index in [1.54, 1.807) is 33.2 Å². The summed E-state index contributed by atoms with van der Waals surface area (Å²) in [6.45, 7) is 5.59. The second-order valence-corrected chi connectivity index (χ2v) is 11.0. The van der Waals surface area contributed by atoms with Gasteiger partial charge in [-0.1, -0.05) is 12.1 Å². The molecule has 10 nitrogen and oxygen atoms in total. The van der Waals surface area contributed by atoms with Crippen molar-refractivity contribution in [1.29, 1.82) is 0 Å². The van der Waals surface area contributed by atoms with E-state index in [1.807, 2.05) is 46.0 Å². The van der Waals surface area contributed by atoms with Crippen molar-refractivity contribution < 1.29 is 22.7 Å². The van der Waals surface area contributed by atoms with Gasteiger partial charge in [0, 0.05) is 24.7 Å². The van der Waals surface area contributed by atoms with Gasteiger partial charge in [-0.3, -0.25) is 14.6 Å². The van der Waals surface area contributed by atoms with Crippen molar-refractivity contribution in [3.63, 3.8) is 0 Å². The van der Waals surface area contributed by atoms with E-state index >= 15 is 0 Å². The minimum absolute atomic E-state index is 0.0455. The Balaban J connectivity index is 1.89. The number of sulfonamides is 1. The molecule has 0 bridgehead atoms. The third kappa shape index (κ3) is 7.12. The molecule has 0 aliphatic rings. The predicted octanol–water partition coefficient (Wildman–Crippen LogP) is 3.28. The maximum Gasteiger partial charge on any atom is 0.284 e. The first-order chi connectivity index (χ1) is 17.0. The van der Waals surface area contributed by atoms with Crippen molar-refractivity contribution in [1.82, 2.24) is 14.6 Å². The summed E-state index contributed by atoms with van der Waals surface area (Å²) in [6.07, 6.45) is 0.915. The molecule has 2 amide bonds. The van der Waals surface area contributed by atoms with Crippen LogP contribution in [0.15, 0.2) is 53.5 Å². The van der Waals surface area contributed by atoms with Gasteiger partial charge >= 0.3 is 0 Å². The Morgan fingerprint density at radius 3 is 2.31 bits per heavy atom. The fourth-order valence-electron chi connectivity index (χ4n) is 3.08. The molecule has 36 heavy (non-hydrogen) atoms. The molecule has 0 aliphatic carbocycles. The van der Waals surface area contributed by atoms with Gasteiger partial charge in [0.05, 0.1) is 18.5 Å². The molecule has 0 radical (unpaired) electrons. The molecule has 2 aromatic carbocycles. The van der Waals surface area contributed by atoms with Crippen LogP contribution in [0.1, 0.15) is 20.9 Å². The SMILES string of the molecule is C=Nc1ccc(N(Cc2ccc(OCC(=O)N(C)C)cc2)c2nc(C(=O)NS(C)(=O)=O)c(C)s2)cc1. The molecule has 0 atom stereocenters. The molecular weight excluding hydrogens is 502 g/mol. The number of anilines is 2. The van der Waals surface area contributed by atoms with Crippen LogP contribution in [-0.2, 0) is 21.4 Å². The number of thiazole rings is 1. The maximum absolute atomic E-state index is 12.5. The average Bonchev–Trinajstić information content (AvgIpc) is 3.22. The Hall–Kier alpha value is -3.77. The Morgan fingerprint density at radius 2 is 1.75 bits per heavy atom. The van der Waals surface area contributed by atoms with Crippen LogP contribution in [0.4, 0.5) is 16.5 Å². The fraction of sp³-hybridized carbons (Fsp3) is 0.250. The number of aliphatic imine (C=N–C) groups is 1. The Kier molecular flexibility index (Phi) is 8.43. The van der Waals surface area contributed by atoms with E-state index in [0.29, 0.717) is 28.0 Å². The smallest absolute Gasteiger partial charge is 0.284 e. The highest BCUT2D eigenvalue weighted by Gasteiger charge is 2.22. The predicted molar refractivity (Wildman–Crippen MR) is 141 cm³/mol. The molecule has 1 heterocycles. The number of rotatable bonds is 10. The van der Waals surface area contributed by atoms with E-state index in [2.05, 4.69) is 16.7 Å². The number of nitrogens with one attached hydrogen (secondary N) is 1. The standard InChI is InChI=1S/C24H27N5O5S2/c1-16-22(23(31)27-36(5,32)33)26-24(35-16)29(19-10-8-18(25-2)9-11-19)14-17-6-12-20(13-7-17)34-15-21(30)28(3)4/h6-13H,2,14-15H2,1,3-5H3,(H,27,31). The summed E-state index contributed by atoms with van der Waals surface area (Å²) in [5.74, 6) is -0.360. The van der Waals surface area contributed by atoms with E-state index in [1.165, 1.54) is 16.2 Å². The van der Waals surface area contributed by atoms with Gasteiger partial charge in [-0.2, -0.15) is 0 Å². The molecule has 0 aliphatic heterocycles. The molecule has 0 spiro atoms. The number of ether oxygens (including phenoxy) is 1. The lowest BCUT2D eigenvalue weighted by molar-refractivity contribution is -0.130. The summed E-state index contributed by atoms with van der Waals surface area (Å²) in [4.78, 5) is 36.5. The van der Waals surface area contributed by atoms with Crippen molar-refractivity contribution in [2.45, 2.75) is 13.5 Å². The zero-order valence-corrected chi connectivity index (χ0v) is 22.0. The number of benzene rings is 2. The Morgan fingerprint density at radius 1 is 1.11 bits per heavy atom. The quantitative estimate of drug-likeness (QED) is 0.400. The highest BCUT2D eigenvalue weighted by Crippen LogP contribution is 2.34. The highest BCUT2D eigenvalue weighted by molar-refractivity contribution is 7.89. The third-order valence-electron chi connectivity index (χ3n) is 4.98. The largest absolute Gasteiger partial charge is 0.484 e. The molecule has 1 N–H and O–H groups in total. The number of aromatic nitrogens is 1. The van der Waals surface area contributed by atoms with E-state index in [9.17, 15) is 18.0 Å².